The van der Waals surface area contributed by atoms with E-state index in [0.29, 0.717) is 6.04 Å². The zero-order chi connectivity index (χ0) is 11.3. The van der Waals surface area contributed by atoms with Crippen LogP contribution in [-0.4, -0.2) is 27.4 Å². The Morgan fingerprint density at radius 2 is 2.00 bits per heavy atom. The molecule has 0 fully saturated rings. The number of unbranched alkanes of at least 4 members (excludes halogenated alkanes) is 1. The molecule has 0 saturated heterocycles. The Labute approximate surface area is 92.1 Å². The standard InChI is InChI=1S/C11H22N4/c1-9(2)12-7-5-6-8-15-11(4)13-10(3)14-15/h9,12H,5-8H2,1-4H3. The first-order valence-corrected chi connectivity index (χ1v) is 5.71. The lowest BCUT2D eigenvalue weighted by atomic mass is 10.3. The molecular formula is C11H22N4. The Kier molecular flexibility index (Phi) is 4.75. The predicted molar refractivity (Wildman–Crippen MR) is 61.9 cm³/mol. The molecule has 0 unspecified atom stereocenters. The van der Waals surface area contributed by atoms with E-state index in [0.717, 1.165) is 31.2 Å². The minimum absolute atomic E-state index is 0.584. The summed E-state index contributed by atoms with van der Waals surface area (Å²) in [5.41, 5.74) is 0. The summed E-state index contributed by atoms with van der Waals surface area (Å²) in [6.07, 6.45) is 2.35. The summed E-state index contributed by atoms with van der Waals surface area (Å²) in [4.78, 5) is 4.27. The van der Waals surface area contributed by atoms with Crippen molar-refractivity contribution < 1.29 is 0 Å². The van der Waals surface area contributed by atoms with E-state index in [1.54, 1.807) is 0 Å². The maximum absolute atomic E-state index is 4.33. The van der Waals surface area contributed by atoms with Crippen LogP contribution in [0.15, 0.2) is 0 Å². The number of nitrogens with one attached hydrogen (secondary N) is 1. The van der Waals surface area contributed by atoms with E-state index in [1.165, 1.54) is 6.42 Å². The molecule has 1 heterocycles. The van der Waals surface area contributed by atoms with Gasteiger partial charge in [-0.25, -0.2) is 4.98 Å². The van der Waals surface area contributed by atoms with Crippen LogP contribution in [0.3, 0.4) is 0 Å². The van der Waals surface area contributed by atoms with Crippen LogP contribution in [0.1, 0.15) is 38.3 Å². The van der Waals surface area contributed by atoms with Gasteiger partial charge < -0.3 is 5.32 Å². The molecule has 15 heavy (non-hydrogen) atoms. The molecule has 0 bridgehead atoms. The first kappa shape index (κ1) is 12.2. The second-order valence-electron chi connectivity index (χ2n) is 4.25. The normalized spacial score (nSPS) is 11.3. The van der Waals surface area contributed by atoms with Crippen molar-refractivity contribution in [2.45, 2.75) is 53.1 Å². The Balaban J connectivity index is 2.17. The predicted octanol–water partition coefficient (Wildman–Crippen LogP) is 1.67. The van der Waals surface area contributed by atoms with Gasteiger partial charge in [0.2, 0.25) is 0 Å². The van der Waals surface area contributed by atoms with E-state index in [9.17, 15) is 0 Å². The van der Waals surface area contributed by atoms with Crippen molar-refractivity contribution in [1.29, 1.82) is 0 Å². The van der Waals surface area contributed by atoms with Crippen molar-refractivity contribution in [3.63, 3.8) is 0 Å². The third-order valence-electron chi connectivity index (χ3n) is 2.31. The summed E-state index contributed by atoms with van der Waals surface area (Å²) >= 11 is 0. The molecule has 0 aliphatic heterocycles. The van der Waals surface area contributed by atoms with Gasteiger partial charge >= 0.3 is 0 Å². The van der Waals surface area contributed by atoms with Crippen LogP contribution in [0.25, 0.3) is 0 Å². The van der Waals surface area contributed by atoms with Crippen molar-refractivity contribution in [2.75, 3.05) is 6.54 Å². The minimum Gasteiger partial charge on any atom is -0.315 e. The van der Waals surface area contributed by atoms with Crippen molar-refractivity contribution in [3.8, 4) is 0 Å². The number of hydrogen-bond acceptors (Lipinski definition) is 3. The Hall–Kier alpha value is -0.900. The van der Waals surface area contributed by atoms with Crippen molar-refractivity contribution in [1.82, 2.24) is 20.1 Å². The molecule has 0 aliphatic carbocycles. The van der Waals surface area contributed by atoms with E-state index >= 15 is 0 Å². The monoisotopic (exact) mass is 210 g/mol. The number of nitrogens with zero attached hydrogens (tertiary/aromatic N) is 3. The smallest absolute Gasteiger partial charge is 0.147 e. The van der Waals surface area contributed by atoms with Gasteiger partial charge in [0.05, 0.1) is 0 Å². The average molecular weight is 210 g/mol. The summed E-state index contributed by atoms with van der Waals surface area (Å²) < 4.78 is 1.99. The average Bonchev–Trinajstić information content (AvgIpc) is 2.44. The lowest BCUT2D eigenvalue weighted by Gasteiger charge is -2.07. The molecule has 4 heteroatoms. The maximum Gasteiger partial charge on any atom is 0.147 e. The summed E-state index contributed by atoms with van der Waals surface area (Å²) in [5, 5.41) is 7.73. The highest BCUT2D eigenvalue weighted by Gasteiger charge is 2.01. The van der Waals surface area contributed by atoms with Crippen molar-refractivity contribution in [2.24, 2.45) is 0 Å². The molecule has 0 atom stereocenters. The van der Waals surface area contributed by atoms with Crippen LogP contribution in [0.2, 0.25) is 0 Å². The molecular weight excluding hydrogens is 188 g/mol. The SMILES string of the molecule is Cc1nc(C)n(CCCCNC(C)C)n1. The second-order valence-corrected chi connectivity index (χ2v) is 4.25. The van der Waals surface area contributed by atoms with E-state index < -0.39 is 0 Å². The number of hydrogen-bond donors (Lipinski definition) is 1. The third-order valence-corrected chi connectivity index (χ3v) is 2.31. The summed E-state index contributed by atoms with van der Waals surface area (Å²) in [7, 11) is 0. The van der Waals surface area contributed by atoms with Crippen LogP contribution >= 0.6 is 0 Å². The zero-order valence-electron chi connectivity index (χ0n) is 10.2. The van der Waals surface area contributed by atoms with E-state index in [-0.39, 0.29) is 0 Å². The Bertz CT molecular complexity index is 291. The van der Waals surface area contributed by atoms with Gasteiger partial charge in [0.1, 0.15) is 11.6 Å². The summed E-state index contributed by atoms with van der Waals surface area (Å²) in [6, 6.07) is 0.584. The van der Waals surface area contributed by atoms with E-state index in [2.05, 4.69) is 29.2 Å². The molecule has 86 valence electrons. The Morgan fingerprint density at radius 3 is 2.53 bits per heavy atom. The molecule has 1 aromatic rings. The van der Waals surface area contributed by atoms with E-state index in [1.807, 2.05) is 18.5 Å². The first-order chi connectivity index (χ1) is 7.09. The van der Waals surface area contributed by atoms with Gasteiger partial charge in [0.25, 0.3) is 0 Å². The fourth-order valence-electron chi connectivity index (χ4n) is 1.55. The highest BCUT2D eigenvalue weighted by atomic mass is 15.3. The van der Waals surface area contributed by atoms with Gasteiger partial charge in [0, 0.05) is 12.6 Å². The van der Waals surface area contributed by atoms with Gasteiger partial charge in [-0.15, -0.1) is 0 Å². The van der Waals surface area contributed by atoms with Gasteiger partial charge in [0.15, 0.2) is 0 Å². The first-order valence-electron chi connectivity index (χ1n) is 5.71. The molecule has 0 radical (unpaired) electrons. The van der Waals surface area contributed by atoms with Gasteiger partial charge in [-0.05, 0) is 33.2 Å². The number of aromatic nitrogens is 3. The fourth-order valence-corrected chi connectivity index (χ4v) is 1.55. The molecule has 0 spiro atoms. The van der Waals surface area contributed by atoms with Gasteiger partial charge in [-0.3, -0.25) is 4.68 Å². The fraction of sp³-hybridized carbons (Fsp3) is 0.818. The summed E-state index contributed by atoms with van der Waals surface area (Å²) in [6.45, 7) is 10.4. The molecule has 0 aromatic carbocycles. The molecule has 1 N–H and O–H groups in total. The molecule has 1 aromatic heterocycles. The highest BCUT2D eigenvalue weighted by Crippen LogP contribution is 1.99. The van der Waals surface area contributed by atoms with Crippen molar-refractivity contribution in [3.05, 3.63) is 11.6 Å². The lowest BCUT2D eigenvalue weighted by molar-refractivity contribution is 0.504. The largest absolute Gasteiger partial charge is 0.315 e. The topological polar surface area (TPSA) is 42.7 Å². The number of rotatable bonds is 6. The third kappa shape index (κ3) is 4.42. The Morgan fingerprint density at radius 1 is 1.27 bits per heavy atom. The number of aryl methyl sites for hydroxylation is 3. The lowest BCUT2D eigenvalue weighted by Crippen LogP contribution is -2.23. The van der Waals surface area contributed by atoms with Crippen LogP contribution in [0, 0.1) is 13.8 Å². The summed E-state index contributed by atoms with van der Waals surface area (Å²) in [5.74, 6) is 1.89. The molecule has 0 saturated carbocycles. The minimum atomic E-state index is 0.584. The molecule has 0 aliphatic rings. The second kappa shape index (κ2) is 5.85. The molecule has 0 amide bonds. The van der Waals surface area contributed by atoms with Crippen LogP contribution in [0.4, 0.5) is 0 Å². The molecule has 4 nitrogen and oxygen atoms in total. The molecule has 1 rings (SSSR count). The maximum atomic E-state index is 4.33. The quantitative estimate of drug-likeness (QED) is 0.726. The van der Waals surface area contributed by atoms with Crippen molar-refractivity contribution >= 4 is 0 Å². The van der Waals surface area contributed by atoms with Crippen LogP contribution < -0.4 is 5.32 Å². The van der Waals surface area contributed by atoms with Gasteiger partial charge in [-0.1, -0.05) is 13.8 Å². The van der Waals surface area contributed by atoms with E-state index in [4.69, 9.17) is 0 Å². The zero-order valence-corrected chi connectivity index (χ0v) is 10.2. The van der Waals surface area contributed by atoms with Crippen LogP contribution in [-0.2, 0) is 6.54 Å². The highest BCUT2D eigenvalue weighted by molar-refractivity contribution is 4.87. The van der Waals surface area contributed by atoms with Gasteiger partial charge in [-0.2, -0.15) is 5.10 Å². The van der Waals surface area contributed by atoms with Crippen LogP contribution in [0.5, 0.6) is 0 Å².